The van der Waals surface area contributed by atoms with Gasteiger partial charge in [0, 0.05) is 32.5 Å². The maximum absolute atomic E-state index is 4.75. The predicted octanol–water partition coefficient (Wildman–Crippen LogP) is 11.7. The van der Waals surface area contributed by atoms with Crippen molar-refractivity contribution in [3.8, 4) is 44.8 Å². The second kappa shape index (κ2) is 14.7. The first kappa shape index (κ1) is 32.7. The van der Waals surface area contributed by atoms with Crippen molar-refractivity contribution in [2.24, 2.45) is 0 Å². The number of fused-ring (bicyclic) bond motifs is 3. The van der Waals surface area contributed by atoms with Crippen LogP contribution in [0.4, 0.5) is 0 Å². The zero-order valence-electron chi connectivity index (χ0n) is 27.2. The number of aromatic nitrogens is 2. The van der Waals surface area contributed by atoms with Gasteiger partial charge in [-0.25, -0.2) is 0 Å². The van der Waals surface area contributed by atoms with Crippen molar-refractivity contribution in [1.82, 2.24) is 9.97 Å². The largest absolute Gasteiger partial charge is 0.304 e. The van der Waals surface area contributed by atoms with Gasteiger partial charge in [0.15, 0.2) is 0 Å². The second-order valence-electron chi connectivity index (χ2n) is 11.9. The fourth-order valence-electron chi connectivity index (χ4n) is 5.96. The number of hydrogen-bond acceptors (Lipinski definition) is 2. The van der Waals surface area contributed by atoms with Gasteiger partial charge in [-0.1, -0.05) is 104 Å². The van der Waals surface area contributed by atoms with E-state index in [0.29, 0.717) is 0 Å². The molecule has 0 saturated carbocycles. The zero-order chi connectivity index (χ0) is 32.2. The van der Waals surface area contributed by atoms with Gasteiger partial charge in [-0.15, -0.1) is 70.8 Å². The summed E-state index contributed by atoms with van der Waals surface area (Å²) in [7, 11) is 0. The van der Waals surface area contributed by atoms with Gasteiger partial charge >= 0.3 is 0 Å². The van der Waals surface area contributed by atoms with Gasteiger partial charge < -0.3 is 9.97 Å². The number of aryl methyl sites for hydroxylation is 3. The van der Waals surface area contributed by atoms with Crippen molar-refractivity contribution in [1.29, 1.82) is 0 Å². The molecule has 0 atom stereocenters. The summed E-state index contributed by atoms with van der Waals surface area (Å²) in [6.07, 6.45) is 3.84. The van der Waals surface area contributed by atoms with E-state index in [0.717, 1.165) is 22.5 Å². The Balaban J connectivity index is 0.000000225. The molecule has 8 rings (SSSR count). The molecule has 0 aliphatic rings. The molecule has 1 radical (unpaired) electrons. The molecule has 0 aliphatic carbocycles. The van der Waals surface area contributed by atoms with Crippen LogP contribution in [0.3, 0.4) is 0 Å². The average Bonchev–Trinajstić information content (AvgIpc) is 3.13. The molecule has 2 heterocycles. The molecule has 6 aromatic carbocycles. The van der Waals surface area contributed by atoms with E-state index < -0.39 is 0 Å². The number of hydrogen-bond donors (Lipinski definition) is 0. The minimum absolute atomic E-state index is 0. The molecule has 0 fully saturated rings. The minimum Gasteiger partial charge on any atom is -0.304 e. The minimum atomic E-state index is 0. The summed E-state index contributed by atoms with van der Waals surface area (Å²) in [4.78, 5) is 9.10. The zero-order valence-corrected chi connectivity index (χ0v) is 29.6. The van der Waals surface area contributed by atoms with Gasteiger partial charge in [-0.05, 0) is 80.7 Å². The average molecular weight is 795 g/mol. The van der Waals surface area contributed by atoms with E-state index in [-0.39, 0.29) is 20.1 Å². The number of rotatable bonds is 4. The molecule has 0 N–H and O–H groups in total. The topological polar surface area (TPSA) is 25.8 Å². The Morgan fingerprint density at radius 3 is 1.94 bits per heavy atom. The molecule has 0 saturated heterocycles. The van der Waals surface area contributed by atoms with E-state index in [1.807, 2.05) is 49.6 Å². The smallest absolute Gasteiger partial charge is 0.0196 e. The fraction of sp³-hybridized carbons (Fsp3) is 0.0667. The van der Waals surface area contributed by atoms with Gasteiger partial charge in [0.2, 0.25) is 0 Å². The third-order valence-electron chi connectivity index (χ3n) is 8.50. The predicted molar refractivity (Wildman–Crippen MR) is 197 cm³/mol. The Labute approximate surface area is 296 Å². The molecule has 2 nitrogen and oxygen atoms in total. The Bertz CT molecular complexity index is 2270. The number of benzene rings is 6. The van der Waals surface area contributed by atoms with Crippen LogP contribution in [0.2, 0.25) is 0 Å². The molecule has 8 aromatic rings. The van der Waals surface area contributed by atoms with E-state index in [1.54, 1.807) is 0 Å². The second-order valence-corrected chi connectivity index (χ2v) is 11.9. The van der Waals surface area contributed by atoms with Crippen molar-refractivity contribution in [3.05, 3.63) is 181 Å². The van der Waals surface area contributed by atoms with Crippen LogP contribution in [-0.2, 0) is 20.1 Å². The summed E-state index contributed by atoms with van der Waals surface area (Å²) in [5, 5.41) is 5.07. The molecule has 3 heteroatoms. The SMILES string of the molecule is Cc1c[c-]c(-c2ccc(C)cn2)cc1.Cc1cnc(-c2[c-]ccc(-c3cc4ccccc4c4ccccc34)c2)cc1-c1ccccc1.[Ir]. The molecule has 2 aromatic heterocycles. The summed E-state index contributed by atoms with van der Waals surface area (Å²) in [6, 6.07) is 55.4. The third kappa shape index (κ3) is 7.04. The normalized spacial score (nSPS) is 10.6. The van der Waals surface area contributed by atoms with Crippen molar-refractivity contribution in [3.63, 3.8) is 0 Å². The summed E-state index contributed by atoms with van der Waals surface area (Å²) in [5.74, 6) is 0. The summed E-state index contributed by atoms with van der Waals surface area (Å²) < 4.78 is 0. The van der Waals surface area contributed by atoms with Crippen molar-refractivity contribution in [2.75, 3.05) is 0 Å². The summed E-state index contributed by atoms with van der Waals surface area (Å²) in [6.45, 7) is 6.21. The van der Waals surface area contributed by atoms with Crippen LogP contribution in [-0.4, -0.2) is 9.97 Å². The fourth-order valence-corrected chi connectivity index (χ4v) is 5.96. The first-order valence-corrected chi connectivity index (χ1v) is 15.9. The third-order valence-corrected chi connectivity index (χ3v) is 8.50. The van der Waals surface area contributed by atoms with Crippen LogP contribution >= 0.6 is 0 Å². The molecule has 235 valence electrons. The van der Waals surface area contributed by atoms with Gasteiger partial charge in [-0.3, -0.25) is 0 Å². The summed E-state index contributed by atoms with van der Waals surface area (Å²) in [5.41, 5.74) is 12.4. The van der Waals surface area contributed by atoms with Crippen LogP contribution in [0, 0.1) is 32.9 Å². The maximum Gasteiger partial charge on any atom is 0.0196 e. The molecule has 48 heavy (non-hydrogen) atoms. The molecular weight excluding hydrogens is 761 g/mol. The van der Waals surface area contributed by atoms with E-state index in [1.165, 1.54) is 60.5 Å². The molecule has 0 unspecified atom stereocenters. The monoisotopic (exact) mass is 795 g/mol. The van der Waals surface area contributed by atoms with Crippen LogP contribution in [0.15, 0.2) is 152 Å². The van der Waals surface area contributed by atoms with Crippen LogP contribution in [0.5, 0.6) is 0 Å². The van der Waals surface area contributed by atoms with Crippen LogP contribution in [0.25, 0.3) is 66.3 Å². The maximum atomic E-state index is 4.75. The first-order valence-electron chi connectivity index (χ1n) is 15.9. The van der Waals surface area contributed by atoms with Crippen molar-refractivity contribution < 1.29 is 20.1 Å². The Morgan fingerprint density at radius 2 is 1.19 bits per heavy atom. The van der Waals surface area contributed by atoms with Gasteiger partial charge in [-0.2, -0.15) is 0 Å². The molecule has 0 bridgehead atoms. The Hall–Kier alpha value is -5.21. The standard InChI is InChI=1S/C32H22N.C13H12N.Ir/c1-22-21-33-32(20-30(22)23-10-3-2-4-11-23)26-14-9-13-24(18-26)31-19-25-12-5-6-15-27(25)28-16-7-8-17-29(28)31;1-10-3-6-12(7-4-10)13-8-5-11(2)9-14-13;/h2-13,15-21H,1H3;3-6,8-9H,1-2H3;/q2*-1;. The Kier molecular flexibility index (Phi) is 10.0. The van der Waals surface area contributed by atoms with Crippen molar-refractivity contribution >= 4 is 21.5 Å². The van der Waals surface area contributed by atoms with E-state index >= 15 is 0 Å². The molecule has 0 spiro atoms. The quantitative estimate of drug-likeness (QED) is 0.131. The van der Waals surface area contributed by atoms with Crippen LogP contribution < -0.4 is 0 Å². The molecular formula is C45H34IrN2-2. The number of pyridine rings is 2. The van der Waals surface area contributed by atoms with Crippen molar-refractivity contribution in [2.45, 2.75) is 20.8 Å². The van der Waals surface area contributed by atoms with E-state index in [4.69, 9.17) is 4.98 Å². The van der Waals surface area contributed by atoms with Gasteiger partial charge in [0.1, 0.15) is 0 Å². The van der Waals surface area contributed by atoms with E-state index in [2.05, 4.69) is 140 Å². The molecule has 0 aliphatic heterocycles. The van der Waals surface area contributed by atoms with Gasteiger partial charge in [0.05, 0.1) is 0 Å². The van der Waals surface area contributed by atoms with Gasteiger partial charge in [0.25, 0.3) is 0 Å². The molecule has 0 amide bonds. The number of nitrogens with zero attached hydrogens (tertiary/aromatic N) is 2. The Morgan fingerprint density at radius 1 is 0.479 bits per heavy atom. The van der Waals surface area contributed by atoms with E-state index in [9.17, 15) is 0 Å². The summed E-state index contributed by atoms with van der Waals surface area (Å²) >= 11 is 0. The van der Waals surface area contributed by atoms with Crippen LogP contribution in [0.1, 0.15) is 16.7 Å². The first-order chi connectivity index (χ1) is 23.0.